The molecule has 0 N–H and O–H groups in total. The third-order valence-electron chi connectivity index (χ3n) is 28.4. The minimum atomic E-state index is -4.45. The monoisotopic (exact) mass is 2200 g/mol. The summed E-state index contributed by atoms with van der Waals surface area (Å²) in [7, 11) is 0. The number of nitrogens with zero attached hydrogens (tertiary/aromatic N) is 8. The number of aromatic nitrogens is 4. The van der Waals surface area contributed by atoms with E-state index in [1.807, 2.05) is 39.0 Å². The van der Waals surface area contributed by atoms with Crippen molar-refractivity contribution in [2.45, 2.75) is 187 Å². The van der Waals surface area contributed by atoms with Crippen LogP contribution in [-0.2, 0) is 79.5 Å². The maximum absolute atomic E-state index is 13.5. The average Bonchev–Trinajstić information content (AvgIpc) is 1.65. The number of halogens is 20. The number of hydrogen-bond donors (Lipinski definition) is 0. The molecule has 4 aliphatic heterocycles. The Kier molecular flexibility index (Phi) is 35.4. The van der Waals surface area contributed by atoms with Crippen molar-refractivity contribution < 1.29 is 101 Å². The maximum atomic E-state index is 13.5. The summed E-state index contributed by atoms with van der Waals surface area (Å²) < 4.78 is 178. The Morgan fingerprint density at radius 3 is 0.748 bits per heavy atom. The minimum absolute atomic E-state index is 0.0262. The molecule has 0 radical (unpaired) electrons. The molecule has 6 atom stereocenters. The van der Waals surface area contributed by atoms with Gasteiger partial charge in [0, 0.05) is 153 Å². The van der Waals surface area contributed by atoms with Crippen molar-refractivity contribution in [1.82, 2.24) is 37.9 Å². The van der Waals surface area contributed by atoms with Crippen LogP contribution in [0.2, 0.25) is 40.2 Å². The molecule has 147 heavy (non-hydrogen) atoms. The zero-order chi connectivity index (χ0) is 108. The van der Waals surface area contributed by atoms with Crippen LogP contribution in [0.3, 0.4) is 0 Å². The van der Waals surface area contributed by atoms with Gasteiger partial charge in [0.25, 0.3) is 23.6 Å². The number of likely N-dealkylation sites (tertiary alicyclic amines) is 4. The van der Waals surface area contributed by atoms with Crippen LogP contribution in [0.1, 0.15) is 211 Å². The third-order valence-corrected chi connectivity index (χ3v) is 31.5. The van der Waals surface area contributed by atoms with Gasteiger partial charge in [-0.15, -0.1) is 0 Å². The lowest BCUT2D eigenvalue weighted by molar-refractivity contribution is -0.152. The first-order valence-corrected chi connectivity index (χ1v) is 50.9. The molecule has 0 spiro atoms. The van der Waals surface area contributed by atoms with Crippen LogP contribution in [0, 0.1) is 96.8 Å². The predicted octanol–water partition coefficient (Wildman–Crippen LogP) is 29.0. The average molecular weight is 2200 g/mol. The molecule has 8 aromatic carbocycles. The van der Waals surface area contributed by atoms with Gasteiger partial charge in [0.1, 0.15) is 11.6 Å². The van der Waals surface area contributed by atoms with Gasteiger partial charge in [-0.2, -0.15) is 52.7 Å². The molecule has 8 heterocycles. The lowest BCUT2D eigenvalue weighted by Gasteiger charge is -2.36. The first-order valence-electron chi connectivity index (χ1n) is 47.9. The third kappa shape index (κ3) is 24.8. The van der Waals surface area contributed by atoms with Crippen LogP contribution in [0.25, 0.3) is 43.6 Å². The molecule has 0 aliphatic carbocycles. The topological polar surface area (TPSA) is 188 Å². The normalized spacial score (nSPS) is 17.6. The van der Waals surface area contributed by atoms with Crippen LogP contribution >= 0.6 is 92.8 Å². The molecule has 12 aromatic rings. The molecular weight excluding hydrogens is 2090 g/mol. The smallest absolute Gasteiger partial charge is 0.416 e. The Hall–Kier alpha value is -10.4. The van der Waals surface area contributed by atoms with Crippen LogP contribution in [0.15, 0.2) is 122 Å². The van der Waals surface area contributed by atoms with E-state index in [-0.39, 0.29) is 146 Å². The number of carbonyl (C=O) groups is 8. The number of carbonyl (C=O) groups excluding carboxylic acids is 8. The number of benzene rings is 8. The summed E-state index contributed by atoms with van der Waals surface area (Å²) in [5.41, 5.74) is 7.75. The minimum Gasteiger partial charge on any atom is -0.466 e. The second-order valence-corrected chi connectivity index (χ2v) is 41.9. The highest BCUT2D eigenvalue weighted by Crippen LogP contribution is 2.46. The van der Waals surface area contributed by atoms with Crippen molar-refractivity contribution >= 4 is 184 Å². The number of fused-ring (bicyclic) bond motifs is 4. The summed E-state index contributed by atoms with van der Waals surface area (Å²) in [5.74, 6) is -1.91. The fraction of sp³-hybridized carbons (Fsp3) is 0.413. The summed E-state index contributed by atoms with van der Waals surface area (Å²) in [4.78, 5) is 108. The van der Waals surface area contributed by atoms with E-state index in [9.17, 15) is 91.0 Å². The standard InChI is InChI=1S/2C28H29Cl2F3N2O3.C27H27Cl2F3N2O2.C26H25Cl2F3N2O2/c2*1-5-38-27(37)19-8-9-34(12-16(19)3)26(36)20-6-7-23(29)22(24(20)30)14-35-13-17(4)21-11-18(28(31,32)33)10-15(2)25(21)35;1-14-9-18(27(30,31)32)10-21-16(3)12-34(25(14)21)13-22-23(28)6-5-20(24(22)29)26(36)33-8-7-19(17(4)35)15(2)11-33;1-14-10-18(26(29,30)31)11-20-15(2)12-33(24(14)20)13-21-22(27)5-4-19(23(21)28)25(35)32-8-6-17(7-9-32)16(3)34/h2*6-7,10-11,13,16,19H,5,8-9,12,14H2,1-4H3;5-6,9-10,12,15,19H,7-8,11,13H2,1-4H3;4-5,10-12,17H,6-9,13H2,1-3H3/t2*16-,19+;15-,19+;/m101./s1. The fourth-order valence-corrected chi connectivity index (χ4v) is 23.0. The number of amides is 4. The van der Waals surface area contributed by atoms with Crippen molar-refractivity contribution in [1.29, 1.82) is 0 Å². The molecule has 16 rings (SSSR count). The Morgan fingerprint density at radius 2 is 0.537 bits per heavy atom. The van der Waals surface area contributed by atoms with Gasteiger partial charge in [-0.05, 0) is 275 Å². The van der Waals surface area contributed by atoms with E-state index in [0.717, 1.165) is 48.5 Å². The summed E-state index contributed by atoms with van der Waals surface area (Å²) in [6.07, 6.45) is -7.86. The van der Waals surface area contributed by atoms with Crippen LogP contribution in [0.4, 0.5) is 52.7 Å². The first kappa shape index (κ1) is 114. The Balaban J connectivity index is 0.000000164. The highest BCUT2D eigenvalue weighted by Gasteiger charge is 2.42. The number of ketones is 2. The van der Waals surface area contributed by atoms with Crippen molar-refractivity contribution in [3.8, 4) is 0 Å². The summed E-state index contributed by atoms with van der Waals surface area (Å²) in [6.45, 7) is 30.9. The number of esters is 2. The number of aryl methyl sites for hydroxylation is 8. The van der Waals surface area contributed by atoms with Gasteiger partial charge >= 0.3 is 36.6 Å². The molecule has 0 saturated carbocycles. The number of rotatable bonds is 18. The van der Waals surface area contributed by atoms with E-state index < -0.39 is 47.0 Å². The van der Waals surface area contributed by atoms with E-state index >= 15 is 0 Å². The number of piperidine rings is 4. The predicted molar refractivity (Wildman–Crippen MR) is 551 cm³/mol. The fourth-order valence-electron chi connectivity index (χ4n) is 20.7. The van der Waals surface area contributed by atoms with Gasteiger partial charge in [0.15, 0.2) is 0 Å². The molecule has 4 aromatic heterocycles. The quantitative estimate of drug-likeness (QED) is 0.0591. The molecule has 4 saturated heterocycles. The zero-order valence-electron chi connectivity index (χ0n) is 83.2. The Bertz CT molecular complexity index is 6940. The van der Waals surface area contributed by atoms with Gasteiger partial charge in [-0.3, -0.25) is 38.4 Å². The summed E-state index contributed by atoms with van der Waals surface area (Å²) in [5, 5.41) is 4.28. The lowest BCUT2D eigenvalue weighted by Crippen LogP contribution is -2.45. The second-order valence-electron chi connectivity index (χ2n) is 38.7. The Labute approximate surface area is 883 Å². The van der Waals surface area contributed by atoms with Crippen molar-refractivity contribution in [3.05, 3.63) is 273 Å². The highest BCUT2D eigenvalue weighted by atomic mass is 35.5. The van der Waals surface area contributed by atoms with Crippen molar-refractivity contribution in [2.24, 2.45) is 41.4 Å². The molecule has 4 amide bonds. The van der Waals surface area contributed by atoms with Crippen molar-refractivity contribution in [2.75, 3.05) is 65.6 Å². The van der Waals surface area contributed by atoms with Gasteiger partial charge < -0.3 is 47.3 Å². The maximum Gasteiger partial charge on any atom is 0.416 e. The van der Waals surface area contributed by atoms with E-state index in [0.29, 0.717) is 239 Å². The second kappa shape index (κ2) is 45.8. The highest BCUT2D eigenvalue weighted by molar-refractivity contribution is 6.40. The van der Waals surface area contributed by atoms with Gasteiger partial charge in [0.05, 0.1) is 138 Å². The van der Waals surface area contributed by atoms with Crippen LogP contribution < -0.4 is 0 Å². The molecule has 18 nitrogen and oxygen atoms in total. The van der Waals surface area contributed by atoms with Crippen LogP contribution in [0.5, 0.6) is 0 Å². The molecule has 0 unspecified atom stereocenters. The molecule has 38 heteroatoms. The molecule has 4 aliphatic rings. The molecular formula is C109H110Cl8F12N8O10. The van der Waals surface area contributed by atoms with Gasteiger partial charge in [-0.1, -0.05) is 114 Å². The van der Waals surface area contributed by atoms with E-state index in [4.69, 9.17) is 102 Å². The number of ether oxygens (including phenoxy) is 2. The summed E-state index contributed by atoms with van der Waals surface area (Å²) >= 11 is 52.9. The van der Waals surface area contributed by atoms with Gasteiger partial charge in [-0.25, -0.2) is 0 Å². The summed E-state index contributed by atoms with van der Waals surface area (Å²) in [6, 6.07) is 21.9. The van der Waals surface area contributed by atoms with E-state index in [2.05, 4.69) is 0 Å². The number of alkyl halides is 12. The largest absolute Gasteiger partial charge is 0.466 e. The first-order chi connectivity index (χ1) is 68.8. The van der Waals surface area contributed by atoms with E-state index in [1.54, 1.807) is 176 Å². The lowest BCUT2D eigenvalue weighted by atomic mass is 9.84. The molecule has 4 fully saturated rings. The Morgan fingerprint density at radius 1 is 0.313 bits per heavy atom. The zero-order valence-corrected chi connectivity index (χ0v) is 89.3. The van der Waals surface area contributed by atoms with Crippen LogP contribution in [-0.4, -0.2) is 151 Å². The SMILES string of the molecule is CC(=O)C1CCN(C(=O)c2ccc(Cl)c(Cn3cc(C)c4cc(C(F)(F)F)cc(C)c43)c2Cl)CC1.CC(=O)[C@H]1CCN(C(=O)c2ccc(Cl)c(Cn3cc(C)c4cc(C(F)(F)F)cc(C)c43)c2Cl)C[C@H]1C.CCOC(=O)[C@@H]1CCN(C(=O)c2ccc(Cl)c(Cn3cc(C)c4cc(C(F)(F)F)cc(C)c43)c2Cl)C[C@@H]1C.CCOC(=O)[C@H]1CCN(C(=O)c2ccc(Cl)c(Cn3cc(C)c4cc(C(F)(F)F)cc(C)c43)c2Cl)C[C@H]1C. The molecule has 0 bridgehead atoms. The van der Waals surface area contributed by atoms with E-state index in [1.165, 1.54) is 0 Å². The molecule has 786 valence electrons. The number of hydrogen-bond acceptors (Lipinski definition) is 10. The number of Topliss-reactive ketones (excluding diaryl/α,β-unsaturated/α-hetero) is 2. The van der Waals surface area contributed by atoms with Gasteiger partial charge in [0.2, 0.25) is 0 Å². The van der Waals surface area contributed by atoms with Crippen molar-refractivity contribution in [3.63, 3.8) is 0 Å².